The number of nitrogens with one attached hydrogen (secondary N) is 1. The summed E-state index contributed by atoms with van der Waals surface area (Å²) in [4.78, 5) is 12.7. The Labute approximate surface area is 138 Å². The molecule has 1 N–H and O–H groups in total. The van der Waals surface area contributed by atoms with E-state index >= 15 is 0 Å². The maximum atomic E-state index is 12.7. The fraction of sp³-hybridized carbons (Fsp3) is 0.474. The van der Waals surface area contributed by atoms with Gasteiger partial charge in [0, 0.05) is 17.0 Å². The smallest absolute Gasteiger partial charge is 0.236 e. The SMILES string of the molecule is Cc1ccc2c(CC(=N)OC(C)C)cn(C(=O)C(C)(C)C)c2c1. The van der Waals surface area contributed by atoms with Crippen LogP contribution in [0.25, 0.3) is 10.9 Å². The molecule has 0 aliphatic heterocycles. The van der Waals surface area contributed by atoms with Crippen molar-refractivity contribution in [3.05, 3.63) is 35.5 Å². The maximum Gasteiger partial charge on any atom is 0.236 e. The standard InChI is InChI=1S/C19H26N2O2/c1-12(2)23-17(20)10-14-11-21(18(22)19(4,5)6)16-9-13(3)7-8-15(14)16/h7-9,11-12,20H,10H2,1-6H3. The summed E-state index contributed by atoms with van der Waals surface area (Å²) in [5.41, 5.74) is 2.49. The highest BCUT2D eigenvalue weighted by Crippen LogP contribution is 2.27. The van der Waals surface area contributed by atoms with Gasteiger partial charge in [-0.3, -0.25) is 14.8 Å². The minimum absolute atomic E-state index is 0.0192. The first-order valence-electron chi connectivity index (χ1n) is 7.99. The van der Waals surface area contributed by atoms with Crippen molar-refractivity contribution in [1.29, 1.82) is 5.41 Å². The number of ether oxygens (including phenoxy) is 1. The van der Waals surface area contributed by atoms with Crippen LogP contribution in [0.5, 0.6) is 0 Å². The van der Waals surface area contributed by atoms with Crippen molar-refractivity contribution in [2.24, 2.45) is 5.41 Å². The molecule has 0 aliphatic carbocycles. The van der Waals surface area contributed by atoms with E-state index in [0.29, 0.717) is 6.42 Å². The van der Waals surface area contributed by atoms with E-state index in [2.05, 4.69) is 0 Å². The van der Waals surface area contributed by atoms with Crippen molar-refractivity contribution in [2.75, 3.05) is 0 Å². The molecule has 4 heteroatoms. The summed E-state index contributed by atoms with van der Waals surface area (Å²) in [5.74, 6) is 0.276. The average Bonchev–Trinajstić information content (AvgIpc) is 2.73. The third-order valence-corrected chi connectivity index (χ3v) is 3.63. The van der Waals surface area contributed by atoms with E-state index in [-0.39, 0.29) is 17.9 Å². The molecule has 0 saturated carbocycles. The first-order chi connectivity index (χ1) is 10.6. The highest BCUT2D eigenvalue weighted by atomic mass is 16.5. The molecule has 0 amide bonds. The minimum Gasteiger partial charge on any atom is -0.478 e. The number of carbonyl (C=O) groups excluding carboxylic acids is 1. The Balaban J connectivity index is 2.51. The van der Waals surface area contributed by atoms with E-state index in [0.717, 1.165) is 22.0 Å². The lowest BCUT2D eigenvalue weighted by atomic mass is 9.95. The molecule has 0 spiro atoms. The van der Waals surface area contributed by atoms with Crippen LogP contribution in [0.2, 0.25) is 0 Å². The Morgan fingerprint density at radius 2 is 1.96 bits per heavy atom. The summed E-state index contributed by atoms with van der Waals surface area (Å²) in [6.45, 7) is 11.6. The Hall–Kier alpha value is -2.10. The lowest BCUT2D eigenvalue weighted by molar-refractivity contribution is 0.0772. The molecule has 1 aromatic heterocycles. The van der Waals surface area contributed by atoms with Crippen LogP contribution in [0.15, 0.2) is 24.4 Å². The number of hydrogen-bond acceptors (Lipinski definition) is 3. The molecule has 4 nitrogen and oxygen atoms in total. The molecule has 1 aromatic carbocycles. The van der Waals surface area contributed by atoms with Crippen molar-refractivity contribution in [2.45, 2.75) is 54.1 Å². The normalized spacial score (nSPS) is 12.0. The number of aromatic nitrogens is 1. The molecule has 0 aliphatic rings. The van der Waals surface area contributed by atoms with Gasteiger partial charge in [-0.25, -0.2) is 0 Å². The van der Waals surface area contributed by atoms with E-state index in [1.54, 1.807) is 4.57 Å². The summed E-state index contributed by atoms with van der Waals surface area (Å²) in [6.07, 6.45) is 2.23. The number of aryl methyl sites for hydroxylation is 1. The van der Waals surface area contributed by atoms with Gasteiger partial charge in [0.15, 0.2) is 5.90 Å². The summed E-state index contributed by atoms with van der Waals surface area (Å²) in [5, 5.41) is 9.00. The number of nitrogens with zero attached hydrogens (tertiary/aromatic N) is 1. The Morgan fingerprint density at radius 1 is 1.30 bits per heavy atom. The Kier molecular flexibility index (Phi) is 4.64. The molecule has 2 rings (SSSR count). The molecule has 1 heterocycles. The quantitative estimate of drug-likeness (QED) is 0.666. The molecule has 0 radical (unpaired) electrons. The van der Waals surface area contributed by atoms with Gasteiger partial charge >= 0.3 is 0 Å². The third-order valence-electron chi connectivity index (χ3n) is 3.63. The van der Waals surface area contributed by atoms with E-state index in [1.807, 2.05) is 65.9 Å². The molecule has 0 unspecified atom stereocenters. The largest absolute Gasteiger partial charge is 0.478 e. The van der Waals surface area contributed by atoms with Crippen LogP contribution in [-0.4, -0.2) is 22.5 Å². The van der Waals surface area contributed by atoms with E-state index < -0.39 is 5.41 Å². The monoisotopic (exact) mass is 314 g/mol. The maximum absolute atomic E-state index is 12.7. The molecular weight excluding hydrogens is 288 g/mol. The first kappa shape index (κ1) is 17.3. The fourth-order valence-corrected chi connectivity index (χ4v) is 2.58. The van der Waals surface area contributed by atoms with Gasteiger partial charge < -0.3 is 4.74 Å². The fourth-order valence-electron chi connectivity index (χ4n) is 2.58. The Morgan fingerprint density at radius 3 is 2.52 bits per heavy atom. The van der Waals surface area contributed by atoms with Crippen molar-refractivity contribution >= 4 is 22.7 Å². The second kappa shape index (κ2) is 6.19. The van der Waals surface area contributed by atoms with Crippen LogP contribution >= 0.6 is 0 Å². The van der Waals surface area contributed by atoms with Crippen LogP contribution in [0, 0.1) is 17.7 Å². The summed E-state index contributed by atoms with van der Waals surface area (Å²) in [6, 6.07) is 6.08. The van der Waals surface area contributed by atoms with Gasteiger partial charge in [0.1, 0.15) is 0 Å². The van der Waals surface area contributed by atoms with E-state index in [4.69, 9.17) is 10.1 Å². The van der Waals surface area contributed by atoms with Gasteiger partial charge in [0.25, 0.3) is 0 Å². The lowest BCUT2D eigenvalue weighted by Gasteiger charge is -2.17. The molecule has 0 bridgehead atoms. The number of fused-ring (bicyclic) bond motifs is 1. The number of carbonyl (C=O) groups is 1. The zero-order valence-corrected chi connectivity index (χ0v) is 14.9. The molecule has 0 saturated heterocycles. The van der Waals surface area contributed by atoms with Gasteiger partial charge in [-0.1, -0.05) is 32.9 Å². The predicted octanol–water partition coefficient (Wildman–Crippen LogP) is 4.58. The zero-order chi connectivity index (χ0) is 17.4. The lowest BCUT2D eigenvalue weighted by Crippen LogP contribution is -2.26. The summed E-state index contributed by atoms with van der Waals surface area (Å²) >= 11 is 0. The van der Waals surface area contributed by atoms with Crippen molar-refractivity contribution in [3.63, 3.8) is 0 Å². The number of hydrogen-bond donors (Lipinski definition) is 1. The van der Waals surface area contributed by atoms with Crippen LogP contribution < -0.4 is 0 Å². The third kappa shape index (κ3) is 3.81. The second-order valence-electron chi connectivity index (χ2n) is 7.37. The van der Waals surface area contributed by atoms with Crippen LogP contribution in [0.3, 0.4) is 0 Å². The molecule has 23 heavy (non-hydrogen) atoms. The average molecular weight is 314 g/mol. The van der Waals surface area contributed by atoms with Crippen molar-refractivity contribution in [1.82, 2.24) is 4.57 Å². The van der Waals surface area contributed by atoms with Gasteiger partial charge in [0.05, 0.1) is 18.0 Å². The molecule has 0 fully saturated rings. The number of rotatable bonds is 3. The van der Waals surface area contributed by atoms with Crippen LogP contribution in [0.1, 0.15) is 50.5 Å². The van der Waals surface area contributed by atoms with Gasteiger partial charge in [-0.2, -0.15) is 0 Å². The van der Waals surface area contributed by atoms with Crippen LogP contribution in [0.4, 0.5) is 0 Å². The van der Waals surface area contributed by atoms with Gasteiger partial charge in [-0.05, 0) is 38.0 Å². The molecule has 2 aromatic rings. The van der Waals surface area contributed by atoms with Crippen molar-refractivity contribution < 1.29 is 9.53 Å². The first-order valence-corrected chi connectivity index (χ1v) is 7.99. The van der Waals surface area contributed by atoms with Gasteiger partial charge in [-0.15, -0.1) is 0 Å². The highest BCUT2D eigenvalue weighted by Gasteiger charge is 2.25. The molecule has 124 valence electrons. The number of benzene rings is 1. The second-order valence-corrected chi connectivity index (χ2v) is 7.37. The van der Waals surface area contributed by atoms with Gasteiger partial charge in [0.2, 0.25) is 5.91 Å². The Bertz CT molecular complexity index is 749. The molecular formula is C19H26N2O2. The zero-order valence-electron chi connectivity index (χ0n) is 14.9. The van der Waals surface area contributed by atoms with E-state index in [1.165, 1.54) is 0 Å². The summed E-state index contributed by atoms with van der Waals surface area (Å²) in [7, 11) is 0. The summed E-state index contributed by atoms with van der Waals surface area (Å²) < 4.78 is 7.18. The molecule has 0 atom stereocenters. The highest BCUT2D eigenvalue weighted by molar-refractivity contribution is 5.98. The van der Waals surface area contributed by atoms with E-state index in [9.17, 15) is 4.79 Å². The van der Waals surface area contributed by atoms with Crippen LogP contribution in [-0.2, 0) is 11.2 Å². The topological polar surface area (TPSA) is 55.1 Å². The minimum atomic E-state index is -0.463. The predicted molar refractivity (Wildman–Crippen MR) is 94.4 cm³/mol. The van der Waals surface area contributed by atoms with Crippen molar-refractivity contribution in [3.8, 4) is 0 Å².